The predicted molar refractivity (Wildman–Crippen MR) is 62.7 cm³/mol. The van der Waals surface area contributed by atoms with E-state index in [9.17, 15) is 4.79 Å². The molecule has 0 aromatic carbocycles. The maximum atomic E-state index is 11.7. The van der Waals surface area contributed by atoms with Gasteiger partial charge in [0.25, 0.3) is 0 Å². The summed E-state index contributed by atoms with van der Waals surface area (Å²) in [6, 6.07) is 0.248. The van der Waals surface area contributed by atoms with Crippen molar-refractivity contribution in [2.24, 2.45) is 5.92 Å². The molecule has 2 atom stereocenters. The monoisotopic (exact) mass is 212 g/mol. The highest BCUT2D eigenvalue weighted by molar-refractivity contribution is 5.81. The smallest absolute Gasteiger partial charge is 0.237 e. The Morgan fingerprint density at radius 3 is 2.60 bits per heavy atom. The van der Waals surface area contributed by atoms with E-state index in [1.54, 1.807) is 0 Å². The van der Waals surface area contributed by atoms with Gasteiger partial charge in [0.05, 0.1) is 6.04 Å². The Morgan fingerprint density at radius 2 is 2.07 bits per heavy atom. The second kappa shape index (κ2) is 6.11. The van der Waals surface area contributed by atoms with Crippen molar-refractivity contribution in [2.45, 2.75) is 58.5 Å². The molecule has 15 heavy (non-hydrogen) atoms. The van der Waals surface area contributed by atoms with Gasteiger partial charge in [-0.25, -0.2) is 0 Å². The fourth-order valence-electron chi connectivity index (χ4n) is 1.63. The molecule has 1 aliphatic carbocycles. The van der Waals surface area contributed by atoms with E-state index in [1.165, 1.54) is 12.8 Å². The van der Waals surface area contributed by atoms with Crippen LogP contribution in [0, 0.1) is 5.92 Å². The molecular weight excluding hydrogens is 188 g/mol. The number of amides is 1. The summed E-state index contributed by atoms with van der Waals surface area (Å²) in [5.41, 5.74) is 0. The zero-order chi connectivity index (χ0) is 11.3. The first kappa shape index (κ1) is 12.5. The molecule has 1 saturated carbocycles. The minimum atomic E-state index is -0.0510. The molecule has 0 aliphatic heterocycles. The third kappa shape index (κ3) is 5.17. The van der Waals surface area contributed by atoms with Crippen LogP contribution in [0.5, 0.6) is 0 Å². The van der Waals surface area contributed by atoms with Crippen molar-refractivity contribution in [3.8, 4) is 0 Å². The van der Waals surface area contributed by atoms with Crippen molar-refractivity contribution in [3.05, 3.63) is 0 Å². The topological polar surface area (TPSA) is 41.1 Å². The molecule has 2 N–H and O–H groups in total. The summed E-state index contributed by atoms with van der Waals surface area (Å²) >= 11 is 0. The van der Waals surface area contributed by atoms with Gasteiger partial charge in [-0.1, -0.05) is 13.3 Å². The molecule has 1 aliphatic rings. The summed E-state index contributed by atoms with van der Waals surface area (Å²) in [4.78, 5) is 11.7. The Balaban J connectivity index is 2.13. The lowest BCUT2D eigenvalue weighted by Gasteiger charge is -2.17. The lowest BCUT2D eigenvalue weighted by Crippen LogP contribution is -2.45. The highest BCUT2D eigenvalue weighted by atomic mass is 16.2. The molecule has 3 heteroatoms. The Labute approximate surface area is 93.0 Å². The SMILES string of the molecule is CCCC(C)NC(=O)C(C)NCC1CC1. The van der Waals surface area contributed by atoms with Gasteiger partial charge in [0.15, 0.2) is 0 Å². The van der Waals surface area contributed by atoms with Crippen LogP contribution in [0.1, 0.15) is 46.5 Å². The van der Waals surface area contributed by atoms with Crippen LogP contribution in [0.4, 0.5) is 0 Å². The number of hydrogen-bond donors (Lipinski definition) is 2. The highest BCUT2D eigenvalue weighted by Crippen LogP contribution is 2.27. The zero-order valence-corrected chi connectivity index (χ0v) is 10.2. The molecule has 0 heterocycles. The largest absolute Gasteiger partial charge is 0.352 e. The van der Waals surface area contributed by atoms with E-state index in [-0.39, 0.29) is 11.9 Å². The number of nitrogens with one attached hydrogen (secondary N) is 2. The van der Waals surface area contributed by atoms with Gasteiger partial charge in [0, 0.05) is 6.04 Å². The van der Waals surface area contributed by atoms with Crippen LogP contribution in [0.2, 0.25) is 0 Å². The quantitative estimate of drug-likeness (QED) is 0.674. The number of hydrogen-bond acceptors (Lipinski definition) is 2. The molecule has 0 spiro atoms. The third-order valence-electron chi connectivity index (χ3n) is 2.91. The summed E-state index contributed by atoms with van der Waals surface area (Å²) < 4.78 is 0. The molecule has 0 bridgehead atoms. The van der Waals surface area contributed by atoms with E-state index in [0.717, 1.165) is 25.3 Å². The second-order valence-electron chi connectivity index (χ2n) is 4.77. The molecule has 0 radical (unpaired) electrons. The first-order valence-corrected chi connectivity index (χ1v) is 6.17. The van der Waals surface area contributed by atoms with E-state index < -0.39 is 0 Å². The molecule has 1 rings (SSSR count). The van der Waals surface area contributed by atoms with E-state index in [2.05, 4.69) is 24.5 Å². The average molecular weight is 212 g/mol. The average Bonchev–Trinajstić information content (AvgIpc) is 2.97. The first-order chi connectivity index (χ1) is 7.13. The standard InChI is InChI=1S/C12H24N2O/c1-4-5-9(2)14-12(15)10(3)13-8-11-6-7-11/h9-11,13H,4-8H2,1-3H3,(H,14,15). The van der Waals surface area contributed by atoms with Gasteiger partial charge < -0.3 is 10.6 Å². The van der Waals surface area contributed by atoms with Crippen LogP contribution < -0.4 is 10.6 Å². The first-order valence-electron chi connectivity index (χ1n) is 6.17. The zero-order valence-electron chi connectivity index (χ0n) is 10.2. The maximum Gasteiger partial charge on any atom is 0.237 e. The maximum absolute atomic E-state index is 11.7. The summed E-state index contributed by atoms with van der Waals surface area (Å²) in [6.45, 7) is 7.14. The van der Waals surface area contributed by atoms with Gasteiger partial charge in [0.1, 0.15) is 0 Å². The van der Waals surface area contributed by atoms with Gasteiger partial charge in [-0.05, 0) is 45.6 Å². The van der Waals surface area contributed by atoms with Gasteiger partial charge in [-0.15, -0.1) is 0 Å². The second-order valence-corrected chi connectivity index (χ2v) is 4.77. The van der Waals surface area contributed by atoms with Crippen LogP contribution >= 0.6 is 0 Å². The van der Waals surface area contributed by atoms with E-state index in [0.29, 0.717) is 6.04 Å². The summed E-state index contributed by atoms with van der Waals surface area (Å²) in [5.74, 6) is 0.963. The fraction of sp³-hybridized carbons (Fsp3) is 0.917. The fourth-order valence-corrected chi connectivity index (χ4v) is 1.63. The third-order valence-corrected chi connectivity index (χ3v) is 2.91. The molecule has 0 aromatic rings. The summed E-state index contributed by atoms with van der Waals surface area (Å²) in [6.07, 6.45) is 4.83. The predicted octanol–water partition coefficient (Wildman–Crippen LogP) is 1.68. The summed E-state index contributed by atoms with van der Waals surface area (Å²) in [7, 11) is 0. The number of rotatable bonds is 7. The van der Waals surface area contributed by atoms with Crippen LogP contribution in [0.15, 0.2) is 0 Å². The minimum absolute atomic E-state index is 0.0510. The molecule has 0 aromatic heterocycles. The van der Waals surface area contributed by atoms with Gasteiger partial charge in [0.2, 0.25) is 5.91 Å². The molecular formula is C12H24N2O. The van der Waals surface area contributed by atoms with Gasteiger partial charge >= 0.3 is 0 Å². The Bertz CT molecular complexity index is 202. The molecule has 0 saturated heterocycles. The van der Waals surface area contributed by atoms with Gasteiger partial charge in [-0.3, -0.25) is 4.79 Å². The molecule has 1 fully saturated rings. The van der Waals surface area contributed by atoms with E-state index in [1.807, 2.05) is 6.92 Å². The highest BCUT2D eigenvalue weighted by Gasteiger charge is 2.23. The van der Waals surface area contributed by atoms with Crippen LogP contribution in [0.3, 0.4) is 0 Å². The van der Waals surface area contributed by atoms with Crippen molar-refractivity contribution >= 4 is 5.91 Å². The van der Waals surface area contributed by atoms with Crippen molar-refractivity contribution in [3.63, 3.8) is 0 Å². The Kier molecular flexibility index (Phi) is 5.09. The molecule has 3 nitrogen and oxygen atoms in total. The Hall–Kier alpha value is -0.570. The summed E-state index contributed by atoms with van der Waals surface area (Å²) in [5, 5.41) is 6.30. The number of carbonyl (C=O) groups excluding carboxylic acids is 1. The van der Waals surface area contributed by atoms with Crippen LogP contribution in [-0.2, 0) is 4.79 Å². The van der Waals surface area contributed by atoms with E-state index >= 15 is 0 Å². The molecule has 88 valence electrons. The van der Waals surface area contributed by atoms with Crippen molar-refractivity contribution < 1.29 is 4.79 Å². The van der Waals surface area contributed by atoms with Crippen molar-refractivity contribution in [1.82, 2.24) is 10.6 Å². The van der Waals surface area contributed by atoms with Crippen LogP contribution in [0.25, 0.3) is 0 Å². The van der Waals surface area contributed by atoms with E-state index in [4.69, 9.17) is 0 Å². The Morgan fingerprint density at radius 1 is 1.40 bits per heavy atom. The van der Waals surface area contributed by atoms with Crippen molar-refractivity contribution in [1.29, 1.82) is 0 Å². The lowest BCUT2D eigenvalue weighted by atomic mass is 10.2. The lowest BCUT2D eigenvalue weighted by molar-refractivity contribution is -0.123. The minimum Gasteiger partial charge on any atom is -0.352 e. The normalized spacial score (nSPS) is 19.7. The number of carbonyl (C=O) groups is 1. The molecule has 2 unspecified atom stereocenters. The van der Waals surface area contributed by atoms with Crippen LogP contribution in [-0.4, -0.2) is 24.5 Å². The van der Waals surface area contributed by atoms with Gasteiger partial charge in [-0.2, -0.15) is 0 Å². The molecule has 1 amide bonds. The van der Waals surface area contributed by atoms with Crippen molar-refractivity contribution in [2.75, 3.05) is 6.54 Å².